The van der Waals surface area contributed by atoms with Crippen LogP contribution in [0, 0.1) is 0 Å². The minimum absolute atomic E-state index is 0. The van der Waals surface area contributed by atoms with Crippen LogP contribution in [0.15, 0.2) is 54.6 Å². The van der Waals surface area contributed by atoms with Gasteiger partial charge >= 0.3 is 18.9 Å². The Morgan fingerprint density at radius 1 is 0.947 bits per heavy atom. The van der Waals surface area contributed by atoms with Crippen LogP contribution in [0.3, 0.4) is 0 Å². The van der Waals surface area contributed by atoms with Gasteiger partial charge in [0.15, 0.2) is 0 Å². The molecule has 19 heavy (non-hydrogen) atoms. The largest absolute Gasteiger partial charge is 1.00 e. The Balaban J connectivity index is 0.00000133. The molecule has 0 fully saturated rings. The van der Waals surface area contributed by atoms with Crippen molar-refractivity contribution in [2.75, 3.05) is 0 Å². The Bertz CT molecular complexity index is 667. The molecule has 1 atom stereocenters. The summed E-state index contributed by atoms with van der Waals surface area (Å²) in [4.78, 5) is 12.0. The molecule has 0 N–H and O–H groups in total. The second-order valence-electron chi connectivity index (χ2n) is 4.02. The van der Waals surface area contributed by atoms with Gasteiger partial charge in [-0.25, -0.2) is 0 Å². The zero-order valence-corrected chi connectivity index (χ0v) is 11.3. The van der Waals surface area contributed by atoms with Crippen molar-refractivity contribution in [3.05, 3.63) is 65.7 Å². The van der Waals surface area contributed by atoms with Crippen LogP contribution in [0.5, 0.6) is 0 Å². The van der Waals surface area contributed by atoms with Crippen LogP contribution in [-0.2, 0) is 9.09 Å². The van der Waals surface area contributed by atoms with Crippen LogP contribution >= 0.6 is 7.60 Å². The molecule has 0 amide bonds. The molecule has 1 unspecified atom stereocenters. The van der Waals surface area contributed by atoms with Crippen LogP contribution < -0.4 is 29.1 Å². The summed E-state index contributed by atoms with van der Waals surface area (Å²) in [7, 11) is -4.02. The summed E-state index contributed by atoms with van der Waals surface area (Å²) >= 11 is 0. The van der Waals surface area contributed by atoms with Crippen LogP contribution in [0.4, 0.5) is 0 Å². The molecule has 1 heterocycles. The van der Waals surface area contributed by atoms with Crippen molar-refractivity contribution in [2.45, 2.75) is 0 Å². The third-order valence-corrected chi connectivity index (χ3v) is 4.23. The molecule has 1 aliphatic heterocycles. The van der Waals surface area contributed by atoms with Crippen LogP contribution in [0.25, 0.3) is 11.8 Å². The average molecular weight is 264 g/mol. The number of benzene rings is 2. The van der Waals surface area contributed by atoms with Gasteiger partial charge in [0, 0.05) is 10.9 Å². The van der Waals surface area contributed by atoms with Crippen LogP contribution in [-0.4, -0.2) is 0 Å². The normalized spacial score (nSPS) is 20.6. The monoisotopic (exact) mass is 264 g/mol. The number of rotatable bonds is 1. The summed E-state index contributed by atoms with van der Waals surface area (Å²) < 4.78 is 17.2. The number of fused-ring (bicyclic) bond motifs is 1. The van der Waals surface area contributed by atoms with Crippen LogP contribution in [0.1, 0.15) is 11.1 Å². The maximum atomic E-state index is 12.0. The molecule has 0 bridgehead atoms. The molecule has 5 heteroatoms. The molecule has 0 aliphatic carbocycles. The molecule has 2 aromatic carbocycles. The summed E-state index contributed by atoms with van der Waals surface area (Å²) in [6.07, 6.45) is 1.75. The molecular formula is C14H10LiO3P. The minimum atomic E-state index is -4.02. The Morgan fingerprint density at radius 2 is 1.58 bits per heavy atom. The summed E-state index contributed by atoms with van der Waals surface area (Å²) in [5, 5.41) is 0.240. The van der Waals surface area contributed by atoms with Crippen molar-refractivity contribution in [3.8, 4) is 0 Å². The van der Waals surface area contributed by atoms with E-state index in [9.17, 15) is 9.46 Å². The summed E-state index contributed by atoms with van der Waals surface area (Å²) in [5.41, 5.74) is 1.42. The van der Waals surface area contributed by atoms with Gasteiger partial charge in [-0.3, -0.25) is 4.57 Å². The average Bonchev–Trinajstić information content (AvgIpc) is 2.39. The zero-order valence-electron chi connectivity index (χ0n) is 10.4. The minimum Gasteiger partial charge on any atom is -0.765 e. The molecule has 1 aliphatic rings. The molecule has 0 saturated carbocycles. The Morgan fingerprint density at radius 3 is 2.32 bits per heavy atom. The van der Waals surface area contributed by atoms with Gasteiger partial charge in [0.1, 0.15) is 5.76 Å². The summed E-state index contributed by atoms with van der Waals surface area (Å²) in [6.45, 7) is 0. The molecule has 0 spiro atoms. The maximum Gasteiger partial charge on any atom is 1.00 e. The number of hydrogen-bond donors (Lipinski definition) is 0. The molecule has 0 aromatic heterocycles. The van der Waals surface area contributed by atoms with E-state index in [-0.39, 0.29) is 24.2 Å². The van der Waals surface area contributed by atoms with Crippen molar-refractivity contribution >= 4 is 24.7 Å². The van der Waals surface area contributed by atoms with E-state index in [0.29, 0.717) is 11.3 Å². The van der Waals surface area contributed by atoms with Gasteiger partial charge in [0.25, 0.3) is 0 Å². The first-order valence-electron chi connectivity index (χ1n) is 5.54. The van der Waals surface area contributed by atoms with Crippen molar-refractivity contribution < 1.29 is 32.8 Å². The van der Waals surface area contributed by atoms with Crippen molar-refractivity contribution in [3.63, 3.8) is 0 Å². The van der Waals surface area contributed by atoms with Gasteiger partial charge < -0.3 is 9.42 Å². The van der Waals surface area contributed by atoms with Gasteiger partial charge in [-0.2, -0.15) is 0 Å². The molecule has 0 saturated heterocycles. The zero-order chi connectivity index (χ0) is 12.6. The van der Waals surface area contributed by atoms with Gasteiger partial charge in [0.05, 0.1) is 0 Å². The van der Waals surface area contributed by atoms with E-state index in [1.54, 1.807) is 24.3 Å². The first-order valence-corrected chi connectivity index (χ1v) is 7.08. The van der Waals surface area contributed by atoms with Crippen molar-refractivity contribution in [2.24, 2.45) is 0 Å². The van der Waals surface area contributed by atoms with E-state index in [1.165, 1.54) is 0 Å². The van der Waals surface area contributed by atoms with E-state index < -0.39 is 7.60 Å². The predicted molar refractivity (Wildman–Crippen MR) is 69.1 cm³/mol. The molecule has 90 valence electrons. The maximum absolute atomic E-state index is 12.0. The smallest absolute Gasteiger partial charge is 0.765 e. The van der Waals surface area contributed by atoms with Crippen molar-refractivity contribution in [1.29, 1.82) is 0 Å². The fourth-order valence-electron chi connectivity index (χ4n) is 1.94. The summed E-state index contributed by atoms with van der Waals surface area (Å²) in [5.74, 6) is 0.368. The van der Waals surface area contributed by atoms with Gasteiger partial charge in [-0.15, -0.1) is 0 Å². The van der Waals surface area contributed by atoms with Gasteiger partial charge in [-0.1, -0.05) is 48.5 Å². The molecule has 0 radical (unpaired) electrons. The SMILES string of the molecule is O=P1([O-])OC(c2ccccc2)=Cc2ccccc21.[Li+]. The standard InChI is InChI=1S/C14H11O3P.Li/c15-18(16)14-9-5-4-8-12(14)10-13(17-18)11-6-2-1-3-7-11;/h1-10H,(H,15,16);/q;+1/p-1. The van der Waals surface area contributed by atoms with E-state index in [1.807, 2.05) is 36.4 Å². The Hall–Kier alpha value is -1.23. The fourth-order valence-corrected chi connectivity index (χ4v) is 3.18. The van der Waals surface area contributed by atoms with Crippen LogP contribution in [0.2, 0.25) is 0 Å². The Labute approximate surface area is 123 Å². The third-order valence-electron chi connectivity index (χ3n) is 2.80. The topological polar surface area (TPSA) is 49.4 Å². The first kappa shape index (κ1) is 14.2. The van der Waals surface area contributed by atoms with E-state index >= 15 is 0 Å². The number of hydrogen-bond acceptors (Lipinski definition) is 3. The molecule has 3 nitrogen and oxygen atoms in total. The fraction of sp³-hybridized carbons (Fsp3) is 0. The van der Waals surface area contributed by atoms with Gasteiger partial charge in [-0.05, 0) is 17.7 Å². The third kappa shape index (κ3) is 2.70. The van der Waals surface area contributed by atoms with Gasteiger partial charge in [0.2, 0.25) is 7.60 Å². The van der Waals surface area contributed by atoms with E-state index in [4.69, 9.17) is 4.52 Å². The second kappa shape index (κ2) is 5.41. The molecule has 2 aromatic rings. The molecular weight excluding hydrogens is 254 g/mol. The van der Waals surface area contributed by atoms with E-state index in [2.05, 4.69) is 0 Å². The first-order chi connectivity index (χ1) is 8.67. The van der Waals surface area contributed by atoms with Crippen molar-refractivity contribution in [1.82, 2.24) is 0 Å². The summed E-state index contributed by atoms with van der Waals surface area (Å²) in [6, 6.07) is 16.0. The predicted octanol–water partition coefficient (Wildman–Crippen LogP) is -0.602. The Kier molecular flexibility index (Phi) is 4.04. The second-order valence-corrected chi connectivity index (χ2v) is 5.68. The molecule has 3 rings (SSSR count). The quantitative estimate of drug-likeness (QED) is 0.510. The van der Waals surface area contributed by atoms with E-state index in [0.717, 1.165) is 5.56 Å².